The Bertz CT molecular complexity index is 614. The molecule has 102 valence electrons. The second-order valence-electron chi connectivity index (χ2n) is 4.29. The van der Waals surface area contributed by atoms with Gasteiger partial charge in [-0.3, -0.25) is 9.69 Å². The molecule has 0 aliphatic carbocycles. The van der Waals surface area contributed by atoms with Gasteiger partial charge < -0.3 is 9.63 Å². The molecule has 2 rings (SSSR count). The predicted octanol–water partition coefficient (Wildman–Crippen LogP) is 1.86. The van der Waals surface area contributed by atoms with Crippen LogP contribution >= 0.6 is 0 Å². The molecule has 0 bridgehead atoms. The first-order valence-electron chi connectivity index (χ1n) is 6.07. The number of aromatic nitrogens is 1. The van der Waals surface area contributed by atoms with Crippen molar-refractivity contribution >= 4 is 5.97 Å². The largest absolute Gasteiger partial charge is 0.480 e. The van der Waals surface area contributed by atoms with Crippen molar-refractivity contribution < 1.29 is 14.4 Å². The van der Waals surface area contributed by atoms with Crippen LogP contribution in [0.5, 0.6) is 0 Å². The van der Waals surface area contributed by atoms with Crippen molar-refractivity contribution in [3.8, 4) is 23.6 Å². The van der Waals surface area contributed by atoms with Crippen molar-refractivity contribution in [2.75, 3.05) is 13.1 Å². The minimum absolute atomic E-state index is 0.133. The van der Waals surface area contributed by atoms with Gasteiger partial charge >= 0.3 is 5.97 Å². The normalized spacial score (nSPS) is 10.4. The Hall–Kier alpha value is -2.58. The molecular weight excluding hydrogens is 256 g/mol. The fourth-order valence-electron chi connectivity index (χ4n) is 1.84. The van der Waals surface area contributed by atoms with Crippen LogP contribution in [-0.4, -0.2) is 34.2 Å². The Kier molecular flexibility index (Phi) is 4.53. The molecule has 0 aliphatic rings. The maximum absolute atomic E-state index is 10.7. The van der Waals surface area contributed by atoms with Crippen LogP contribution in [0.3, 0.4) is 0 Å². The van der Waals surface area contributed by atoms with E-state index in [2.05, 4.69) is 11.1 Å². The molecule has 0 saturated heterocycles. The first-order valence-corrected chi connectivity index (χ1v) is 6.07. The molecule has 1 N–H and O–H groups in total. The van der Waals surface area contributed by atoms with Crippen molar-refractivity contribution in [3.63, 3.8) is 0 Å². The molecule has 0 radical (unpaired) electrons. The van der Waals surface area contributed by atoms with E-state index in [0.29, 0.717) is 12.3 Å². The molecule has 0 fully saturated rings. The van der Waals surface area contributed by atoms with Crippen molar-refractivity contribution in [1.82, 2.24) is 10.1 Å². The van der Waals surface area contributed by atoms with Gasteiger partial charge in [0.2, 0.25) is 0 Å². The van der Waals surface area contributed by atoms with Crippen LogP contribution in [0.25, 0.3) is 11.3 Å². The minimum Gasteiger partial charge on any atom is -0.480 e. The molecule has 0 spiro atoms. The molecular formula is C15H14N2O3. The van der Waals surface area contributed by atoms with E-state index in [1.54, 1.807) is 11.0 Å². The SMILES string of the molecule is C#CCN(CC(=O)O)Cc1cc(-c2ccccc2)no1. The molecule has 0 unspecified atom stereocenters. The van der Waals surface area contributed by atoms with E-state index in [4.69, 9.17) is 16.1 Å². The molecule has 20 heavy (non-hydrogen) atoms. The summed E-state index contributed by atoms with van der Waals surface area (Å²) in [5, 5.41) is 12.8. The van der Waals surface area contributed by atoms with Crippen molar-refractivity contribution in [3.05, 3.63) is 42.2 Å². The summed E-state index contributed by atoms with van der Waals surface area (Å²) < 4.78 is 5.22. The molecule has 1 aromatic heterocycles. The Morgan fingerprint density at radius 3 is 2.80 bits per heavy atom. The summed E-state index contributed by atoms with van der Waals surface area (Å²) in [4.78, 5) is 12.3. The quantitative estimate of drug-likeness (QED) is 0.811. The predicted molar refractivity (Wildman–Crippen MR) is 73.7 cm³/mol. The van der Waals surface area contributed by atoms with Gasteiger partial charge in [0.1, 0.15) is 5.69 Å². The monoisotopic (exact) mass is 270 g/mol. The third-order valence-electron chi connectivity index (χ3n) is 2.68. The second-order valence-corrected chi connectivity index (χ2v) is 4.29. The van der Waals surface area contributed by atoms with Gasteiger partial charge in [-0.05, 0) is 0 Å². The number of benzene rings is 1. The summed E-state index contributed by atoms with van der Waals surface area (Å²) in [6.07, 6.45) is 5.22. The number of rotatable bonds is 6. The van der Waals surface area contributed by atoms with E-state index in [1.807, 2.05) is 30.3 Å². The molecule has 0 atom stereocenters. The second kappa shape index (κ2) is 6.55. The van der Waals surface area contributed by atoms with E-state index < -0.39 is 5.97 Å². The lowest BCUT2D eigenvalue weighted by atomic mass is 10.1. The van der Waals surface area contributed by atoms with Crippen molar-refractivity contribution in [2.45, 2.75) is 6.54 Å². The standard InChI is InChI=1S/C15H14N2O3/c1-2-8-17(11-15(18)19)10-13-9-14(16-20-13)12-6-4-3-5-7-12/h1,3-7,9H,8,10-11H2,(H,18,19). The van der Waals surface area contributed by atoms with E-state index >= 15 is 0 Å². The highest BCUT2D eigenvalue weighted by Gasteiger charge is 2.13. The number of aliphatic carboxylic acids is 1. The summed E-state index contributed by atoms with van der Waals surface area (Å²) in [6, 6.07) is 11.4. The van der Waals surface area contributed by atoms with E-state index in [0.717, 1.165) is 11.3 Å². The third kappa shape index (κ3) is 3.70. The van der Waals surface area contributed by atoms with Crippen molar-refractivity contribution in [1.29, 1.82) is 0 Å². The van der Waals surface area contributed by atoms with Crippen LogP contribution in [0.1, 0.15) is 5.76 Å². The Morgan fingerprint density at radius 2 is 2.15 bits per heavy atom. The third-order valence-corrected chi connectivity index (χ3v) is 2.68. The van der Waals surface area contributed by atoms with E-state index in [9.17, 15) is 4.79 Å². The smallest absolute Gasteiger partial charge is 0.317 e. The molecule has 5 heteroatoms. The average Bonchev–Trinajstić information content (AvgIpc) is 2.88. The molecule has 5 nitrogen and oxygen atoms in total. The van der Waals surface area contributed by atoms with Gasteiger partial charge in [-0.25, -0.2) is 0 Å². The number of hydrogen-bond donors (Lipinski definition) is 1. The lowest BCUT2D eigenvalue weighted by Crippen LogP contribution is -2.29. The maximum Gasteiger partial charge on any atom is 0.317 e. The van der Waals surface area contributed by atoms with Gasteiger partial charge in [0.25, 0.3) is 0 Å². The zero-order chi connectivity index (χ0) is 14.4. The zero-order valence-electron chi connectivity index (χ0n) is 10.8. The maximum atomic E-state index is 10.7. The number of nitrogens with zero attached hydrogens (tertiary/aromatic N) is 2. The van der Waals surface area contributed by atoms with E-state index in [1.165, 1.54) is 0 Å². The van der Waals surface area contributed by atoms with Crippen LogP contribution in [0.4, 0.5) is 0 Å². The first kappa shape index (κ1) is 13.8. The van der Waals surface area contributed by atoms with Crippen LogP contribution in [0.15, 0.2) is 40.9 Å². The highest BCUT2D eigenvalue weighted by atomic mass is 16.5. The lowest BCUT2D eigenvalue weighted by molar-refractivity contribution is -0.138. The lowest BCUT2D eigenvalue weighted by Gasteiger charge is -2.14. The molecule has 0 aliphatic heterocycles. The Balaban J connectivity index is 2.08. The molecule has 0 saturated carbocycles. The van der Waals surface area contributed by atoms with Gasteiger partial charge in [-0.2, -0.15) is 0 Å². The summed E-state index contributed by atoms with van der Waals surface area (Å²) in [6.45, 7) is 0.426. The average molecular weight is 270 g/mol. The van der Waals surface area contributed by atoms with Crippen LogP contribution in [0.2, 0.25) is 0 Å². The molecule has 1 aromatic carbocycles. The van der Waals surface area contributed by atoms with Gasteiger partial charge in [0, 0.05) is 11.6 Å². The number of carboxylic acid groups (broad SMARTS) is 1. The van der Waals surface area contributed by atoms with Crippen LogP contribution < -0.4 is 0 Å². The minimum atomic E-state index is -0.928. The topological polar surface area (TPSA) is 66.6 Å². The van der Waals surface area contributed by atoms with Crippen LogP contribution in [0, 0.1) is 12.3 Å². The zero-order valence-corrected chi connectivity index (χ0v) is 10.8. The summed E-state index contributed by atoms with van der Waals surface area (Å²) in [7, 11) is 0. The van der Waals surface area contributed by atoms with Gasteiger partial charge in [-0.15, -0.1) is 6.42 Å². The van der Waals surface area contributed by atoms with Gasteiger partial charge in [0.15, 0.2) is 5.76 Å². The summed E-state index contributed by atoms with van der Waals surface area (Å²) >= 11 is 0. The van der Waals surface area contributed by atoms with E-state index in [-0.39, 0.29) is 13.1 Å². The molecule has 0 amide bonds. The fourth-order valence-corrected chi connectivity index (χ4v) is 1.84. The van der Waals surface area contributed by atoms with Crippen molar-refractivity contribution in [2.24, 2.45) is 0 Å². The van der Waals surface area contributed by atoms with Gasteiger partial charge in [-0.1, -0.05) is 41.4 Å². The molecule has 1 heterocycles. The fraction of sp³-hybridized carbons (Fsp3) is 0.200. The molecule has 2 aromatic rings. The summed E-state index contributed by atoms with van der Waals surface area (Å²) in [5.41, 5.74) is 1.67. The van der Waals surface area contributed by atoms with Gasteiger partial charge in [0.05, 0.1) is 19.6 Å². The first-order chi connectivity index (χ1) is 9.69. The number of carboxylic acids is 1. The number of terminal acetylenes is 1. The highest BCUT2D eigenvalue weighted by molar-refractivity contribution is 5.69. The highest BCUT2D eigenvalue weighted by Crippen LogP contribution is 2.19. The summed E-state index contributed by atoms with van der Waals surface area (Å²) in [5.74, 6) is 2.09. The Labute approximate surface area is 116 Å². The van der Waals surface area contributed by atoms with Crippen LogP contribution in [-0.2, 0) is 11.3 Å². The number of carbonyl (C=O) groups is 1. The number of hydrogen-bond acceptors (Lipinski definition) is 4. The Morgan fingerprint density at radius 1 is 1.40 bits per heavy atom.